The molecule has 1 unspecified atom stereocenters. The predicted octanol–water partition coefficient (Wildman–Crippen LogP) is -5.47. The Kier molecular flexibility index (Phi) is 13.5. The van der Waals surface area contributed by atoms with Crippen LogP contribution in [0.15, 0.2) is 0 Å². The van der Waals surface area contributed by atoms with E-state index in [0.29, 0.717) is 19.6 Å². The molecule has 0 saturated carbocycles. The molecule has 10 nitrogen and oxygen atoms in total. The Morgan fingerprint density at radius 2 is 1.25 bits per heavy atom. The molecule has 0 aromatic carbocycles. The highest BCUT2D eigenvalue weighted by Gasteiger charge is 2.37. The Balaban J connectivity index is 0. The summed E-state index contributed by atoms with van der Waals surface area (Å²) in [6.07, 6.45) is -2.30. The van der Waals surface area contributed by atoms with E-state index in [0.717, 1.165) is 0 Å². The Morgan fingerprint density at radius 1 is 0.900 bits per heavy atom. The van der Waals surface area contributed by atoms with Crippen molar-refractivity contribution in [2.24, 2.45) is 11.5 Å². The van der Waals surface area contributed by atoms with Gasteiger partial charge in [-0.25, -0.2) is 0 Å². The van der Waals surface area contributed by atoms with Crippen molar-refractivity contribution in [3.05, 3.63) is 0 Å². The minimum Gasteiger partial charge on any atom is -0.395 e. The molecule has 20 heavy (non-hydrogen) atoms. The Morgan fingerprint density at radius 3 is 1.40 bits per heavy atom. The fourth-order valence-corrected chi connectivity index (χ4v) is 1.12. The first-order chi connectivity index (χ1) is 9.27. The van der Waals surface area contributed by atoms with Gasteiger partial charge in [-0.1, -0.05) is 0 Å². The van der Waals surface area contributed by atoms with Crippen LogP contribution in [0, 0.1) is 0 Å². The zero-order valence-electron chi connectivity index (χ0n) is 11.3. The van der Waals surface area contributed by atoms with Crippen LogP contribution >= 0.6 is 0 Å². The SMILES string of the molecule is NCC(N)C(O)(O)C(O)O.OCCN(CCO)CCO. The molecule has 0 aliphatic heterocycles. The molecule has 0 aromatic rings. The van der Waals surface area contributed by atoms with E-state index in [1.807, 2.05) is 0 Å². The molecular formula is C10H27N3O7. The van der Waals surface area contributed by atoms with Gasteiger partial charge in [-0.15, -0.1) is 0 Å². The van der Waals surface area contributed by atoms with Gasteiger partial charge >= 0.3 is 0 Å². The number of nitrogens with two attached hydrogens (primary N) is 2. The molecule has 124 valence electrons. The van der Waals surface area contributed by atoms with Crippen molar-refractivity contribution in [1.82, 2.24) is 4.90 Å². The number of hydrogen-bond donors (Lipinski definition) is 9. The Labute approximate surface area is 117 Å². The molecule has 0 rings (SSSR count). The van der Waals surface area contributed by atoms with Crippen molar-refractivity contribution in [1.29, 1.82) is 0 Å². The van der Waals surface area contributed by atoms with Crippen molar-refractivity contribution in [2.75, 3.05) is 46.0 Å². The molecule has 0 saturated heterocycles. The maximum absolute atomic E-state index is 8.71. The van der Waals surface area contributed by atoms with Crippen LogP contribution in [0.3, 0.4) is 0 Å². The zero-order chi connectivity index (χ0) is 16.2. The molecule has 0 aromatic heterocycles. The lowest BCUT2D eigenvalue weighted by Crippen LogP contribution is -2.59. The summed E-state index contributed by atoms with van der Waals surface area (Å²) in [5.41, 5.74) is 9.94. The monoisotopic (exact) mass is 301 g/mol. The van der Waals surface area contributed by atoms with E-state index < -0.39 is 18.1 Å². The maximum Gasteiger partial charge on any atom is 0.232 e. The molecule has 1 atom stereocenters. The lowest BCUT2D eigenvalue weighted by molar-refractivity contribution is -0.297. The van der Waals surface area contributed by atoms with E-state index in [1.165, 1.54) is 0 Å². The summed E-state index contributed by atoms with van der Waals surface area (Å²) in [5.74, 6) is -2.73. The molecule has 0 heterocycles. The second-order valence-corrected chi connectivity index (χ2v) is 4.01. The average molecular weight is 301 g/mol. The van der Waals surface area contributed by atoms with Gasteiger partial charge < -0.3 is 47.2 Å². The largest absolute Gasteiger partial charge is 0.395 e. The van der Waals surface area contributed by atoms with Gasteiger partial charge in [0.25, 0.3) is 0 Å². The summed E-state index contributed by atoms with van der Waals surface area (Å²) in [6.45, 7) is 1.51. The summed E-state index contributed by atoms with van der Waals surface area (Å²) in [4.78, 5) is 1.79. The maximum atomic E-state index is 8.71. The molecule has 0 aliphatic carbocycles. The number of aliphatic hydroxyl groups excluding tert-OH is 4. The fourth-order valence-electron chi connectivity index (χ4n) is 1.12. The third-order valence-electron chi connectivity index (χ3n) is 2.43. The van der Waals surface area contributed by atoms with Crippen LogP contribution in [0.5, 0.6) is 0 Å². The van der Waals surface area contributed by atoms with E-state index in [-0.39, 0.29) is 26.4 Å². The van der Waals surface area contributed by atoms with E-state index in [9.17, 15) is 0 Å². The standard InChI is InChI=1S/C6H15NO3.C4H12N2O4/c8-4-1-7(2-5-9)3-6-10;5-1-2(6)4(9,10)3(7)8/h8-10H,1-6H2;2-3,7-10H,1,5-6H2. The molecule has 0 spiro atoms. The number of rotatable bonds is 9. The topological polar surface area (TPSA) is 197 Å². The molecule has 0 bridgehead atoms. The van der Waals surface area contributed by atoms with Gasteiger partial charge in [0.15, 0.2) is 0 Å². The van der Waals surface area contributed by atoms with Crippen molar-refractivity contribution in [3.63, 3.8) is 0 Å². The minimum absolute atomic E-state index is 0.0694. The number of nitrogens with zero attached hydrogens (tertiary/aromatic N) is 1. The van der Waals surface area contributed by atoms with E-state index in [2.05, 4.69) is 0 Å². The third-order valence-corrected chi connectivity index (χ3v) is 2.43. The van der Waals surface area contributed by atoms with E-state index in [1.54, 1.807) is 4.90 Å². The van der Waals surface area contributed by atoms with Crippen molar-refractivity contribution in [2.45, 2.75) is 18.1 Å². The highest BCUT2D eigenvalue weighted by Crippen LogP contribution is 2.06. The smallest absolute Gasteiger partial charge is 0.232 e. The highest BCUT2D eigenvalue weighted by molar-refractivity contribution is 4.81. The average Bonchev–Trinajstić information content (AvgIpc) is 2.39. The van der Waals surface area contributed by atoms with Gasteiger partial charge in [0.1, 0.15) is 0 Å². The first-order valence-electron chi connectivity index (χ1n) is 6.09. The van der Waals surface area contributed by atoms with Crippen molar-refractivity contribution in [3.8, 4) is 0 Å². The summed E-state index contributed by atoms with van der Waals surface area (Å²) < 4.78 is 0. The normalized spacial score (nSPS) is 13.3. The lowest BCUT2D eigenvalue weighted by Gasteiger charge is -2.28. The van der Waals surface area contributed by atoms with Crippen molar-refractivity contribution < 1.29 is 35.7 Å². The summed E-state index contributed by atoms with van der Waals surface area (Å²) >= 11 is 0. The van der Waals surface area contributed by atoms with Gasteiger partial charge in [-0.2, -0.15) is 0 Å². The van der Waals surface area contributed by atoms with Gasteiger partial charge in [-0.3, -0.25) is 4.90 Å². The Hall–Kier alpha value is -0.400. The van der Waals surface area contributed by atoms with Crippen LogP contribution in [0.1, 0.15) is 0 Å². The van der Waals surface area contributed by atoms with Gasteiger partial charge in [0.05, 0.1) is 25.9 Å². The summed E-state index contributed by atoms with van der Waals surface area (Å²) in [7, 11) is 0. The van der Waals surface area contributed by atoms with E-state index >= 15 is 0 Å². The molecule has 0 amide bonds. The fraction of sp³-hybridized carbons (Fsp3) is 1.00. The Bertz CT molecular complexity index is 205. The zero-order valence-corrected chi connectivity index (χ0v) is 11.3. The van der Waals surface area contributed by atoms with Gasteiger partial charge in [-0.05, 0) is 0 Å². The summed E-state index contributed by atoms with van der Waals surface area (Å²) in [6, 6.07) is -1.27. The van der Waals surface area contributed by atoms with Crippen LogP contribution in [0.25, 0.3) is 0 Å². The quantitative estimate of drug-likeness (QED) is 0.185. The van der Waals surface area contributed by atoms with Crippen LogP contribution in [0.4, 0.5) is 0 Å². The van der Waals surface area contributed by atoms with Gasteiger partial charge in [0, 0.05) is 26.2 Å². The molecule has 0 radical (unpaired) electrons. The van der Waals surface area contributed by atoms with Crippen molar-refractivity contribution >= 4 is 0 Å². The lowest BCUT2D eigenvalue weighted by atomic mass is 10.1. The first-order valence-corrected chi connectivity index (χ1v) is 6.09. The number of aliphatic hydroxyl groups is 7. The summed E-state index contributed by atoms with van der Waals surface area (Å²) in [5, 5.41) is 59.5. The molecule has 0 aliphatic rings. The molecule has 10 heteroatoms. The predicted molar refractivity (Wildman–Crippen MR) is 70.1 cm³/mol. The van der Waals surface area contributed by atoms with E-state index in [4.69, 9.17) is 47.2 Å². The second-order valence-electron chi connectivity index (χ2n) is 4.01. The van der Waals surface area contributed by atoms with Crippen LogP contribution < -0.4 is 11.5 Å². The van der Waals surface area contributed by atoms with Crippen LogP contribution in [-0.2, 0) is 0 Å². The first kappa shape index (κ1) is 21.9. The minimum atomic E-state index is -2.73. The highest BCUT2D eigenvalue weighted by atomic mass is 16.6. The van der Waals surface area contributed by atoms with Crippen LogP contribution in [-0.4, -0.2) is 105 Å². The molecular weight excluding hydrogens is 274 g/mol. The van der Waals surface area contributed by atoms with Gasteiger partial charge in [0.2, 0.25) is 12.1 Å². The molecule has 11 N–H and O–H groups in total. The van der Waals surface area contributed by atoms with Crippen LogP contribution in [0.2, 0.25) is 0 Å². The third kappa shape index (κ3) is 9.50. The molecule has 0 fully saturated rings. The second kappa shape index (κ2) is 12.3. The number of hydrogen-bond acceptors (Lipinski definition) is 10.